The molecule has 23 heavy (non-hydrogen) atoms. The largest absolute Gasteiger partial charge is 0.493 e. The number of hydrogen-bond donors (Lipinski definition) is 0. The summed E-state index contributed by atoms with van der Waals surface area (Å²) in [5.41, 5.74) is 2.91. The Balaban J connectivity index is 2.11. The first-order chi connectivity index (χ1) is 11.3. The summed E-state index contributed by atoms with van der Waals surface area (Å²) in [5.74, 6) is 2.00. The number of aromatic nitrogens is 2. The van der Waals surface area contributed by atoms with Crippen molar-refractivity contribution in [3.8, 4) is 28.5 Å². The lowest BCUT2D eigenvalue weighted by atomic mass is 10.0. The lowest BCUT2D eigenvalue weighted by molar-refractivity contribution is 0.331. The highest BCUT2D eigenvalue weighted by Gasteiger charge is 2.09. The van der Waals surface area contributed by atoms with Crippen LogP contribution < -0.4 is 14.2 Å². The van der Waals surface area contributed by atoms with Gasteiger partial charge in [0.15, 0.2) is 11.5 Å². The molecule has 3 rings (SSSR count). The average molecular weight is 310 g/mol. The molecule has 5 nitrogen and oxygen atoms in total. The predicted octanol–water partition coefficient (Wildman–Crippen LogP) is 3.71. The molecule has 0 atom stereocenters. The number of hydrogen-bond acceptors (Lipinski definition) is 5. The summed E-state index contributed by atoms with van der Waals surface area (Å²) in [5, 5.41) is 0.890. The van der Waals surface area contributed by atoms with Crippen LogP contribution in [-0.2, 0) is 0 Å². The van der Waals surface area contributed by atoms with Gasteiger partial charge in [-0.2, -0.15) is 0 Å². The molecule has 0 N–H and O–H groups in total. The molecule has 0 aliphatic heterocycles. The molecule has 0 radical (unpaired) electrons. The highest BCUT2D eigenvalue weighted by molar-refractivity contribution is 5.88. The fourth-order valence-corrected chi connectivity index (χ4v) is 2.48. The second-order valence-corrected chi connectivity index (χ2v) is 4.91. The molecule has 3 aromatic rings. The number of nitrogens with zero attached hydrogens (tertiary/aromatic N) is 2. The van der Waals surface area contributed by atoms with Crippen molar-refractivity contribution >= 4 is 10.9 Å². The Kier molecular flexibility index (Phi) is 4.28. The lowest BCUT2D eigenvalue weighted by Crippen LogP contribution is -1.96. The topological polar surface area (TPSA) is 53.5 Å². The van der Waals surface area contributed by atoms with E-state index in [2.05, 4.69) is 9.97 Å². The highest BCUT2D eigenvalue weighted by Crippen LogP contribution is 2.34. The molecule has 0 unspecified atom stereocenters. The molecule has 1 heterocycles. The molecule has 0 bridgehead atoms. The van der Waals surface area contributed by atoms with E-state index in [1.165, 1.54) is 6.33 Å². The minimum atomic E-state index is 0.562. The summed E-state index contributed by atoms with van der Waals surface area (Å²) in [4.78, 5) is 8.50. The van der Waals surface area contributed by atoms with Gasteiger partial charge in [-0.1, -0.05) is 12.1 Å². The molecule has 0 fully saturated rings. The van der Waals surface area contributed by atoms with E-state index in [1.54, 1.807) is 14.2 Å². The van der Waals surface area contributed by atoms with Crippen molar-refractivity contribution in [2.24, 2.45) is 0 Å². The number of methoxy groups -OCH3 is 2. The highest BCUT2D eigenvalue weighted by atomic mass is 16.5. The van der Waals surface area contributed by atoms with E-state index in [0.717, 1.165) is 22.0 Å². The van der Waals surface area contributed by atoms with E-state index < -0.39 is 0 Å². The van der Waals surface area contributed by atoms with Gasteiger partial charge in [-0.15, -0.1) is 0 Å². The van der Waals surface area contributed by atoms with E-state index in [9.17, 15) is 0 Å². The van der Waals surface area contributed by atoms with Crippen LogP contribution in [0.25, 0.3) is 22.0 Å². The Labute approximate surface area is 134 Å². The van der Waals surface area contributed by atoms with Gasteiger partial charge in [-0.3, -0.25) is 0 Å². The summed E-state index contributed by atoms with van der Waals surface area (Å²) in [6, 6.07) is 11.8. The lowest BCUT2D eigenvalue weighted by Gasteiger charge is -2.11. The predicted molar refractivity (Wildman–Crippen MR) is 89.2 cm³/mol. The quantitative estimate of drug-likeness (QED) is 0.719. The Bertz CT molecular complexity index is 834. The Morgan fingerprint density at radius 2 is 1.61 bits per heavy atom. The van der Waals surface area contributed by atoms with Gasteiger partial charge in [0.05, 0.1) is 31.7 Å². The zero-order valence-corrected chi connectivity index (χ0v) is 13.4. The van der Waals surface area contributed by atoms with Crippen LogP contribution in [0.5, 0.6) is 17.4 Å². The molecule has 0 saturated carbocycles. The molecule has 0 amide bonds. The van der Waals surface area contributed by atoms with E-state index in [4.69, 9.17) is 14.2 Å². The van der Waals surface area contributed by atoms with E-state index in [0.29, 0.717) is 24.0 Å². The van der Waals surface area contributed by atoms with E-state index in [1.807, 2.05) is 43.3 Å². The zero-order chi connectivity index (χ0) is 16.2. The summed E-state index contributed by atoms with van der Waals surface area (Å²) in [6.07, 6.45) is 1.52. The molecule has 1 aromatic heterocycles. The normalized spacial score (nSPS) is 10.6. The van der Waals surface area contributed by atoms with Crippen molar-refractivity contribution in [1.82, 2.24) is 9.97 Å². The Morgan fingerprint density at radius 3 is 2.35 bits per heavy atom. The van der Waals surface area contributed by atoms with Crippen molar-refractivity contribution < 1.29 is 14.2 Å². The molecule has 0 aliphatic carbocycles. The molecule has 0 aliphatic rings. The van der Waals surface area contributed by atoms with Gasteiger partial charge in [0.1, 0.15) is 6.33 Å². The monoisotopic (exact) mass is 310 g/mol. The van der Waals surface area contributed by atoms with Crippen LogP contribution in [0.15, 0.2) is 42.7 Å². The first-order valence-electron chi connectivity index (χ1n) is 7.36. The van der Waals surface area contributed by atoms with Gasteiger partial charge < -0.3 is 14.2 Å². The van der Waals surface area contributed by atoms with Crippen LogP contribution in [-0.4, -0.2) is 30.8 Å². The fraction of sp³-hybridized carbons (Fsp3) is 0.222. The Morgan fingerprint density at radius 1 is 0.870 bits per heavy atom. The van der Waals surface area contributed by atoms with Gasteiger partial charge in [0.25, 0.3) is 0 Å². The van der Waals surface area contributed by atoms with Gasteiger partial charge in [-0.05, 0) is 42.3 Å². The van der Waals surface area contributed by atoms with Gasteiger partial charge in [-0.25, -0.2) is 9.97 Å². The SMILES string of the molecule is CCOc1ncnc2ccc(-c3ccc(OC)c(OC)c3)cc12. The molecule has 0 saturated heterocycles. The van der Waals surface area contributed by atoms with Crippen molar-refractivity contribution in [2.75, 3.05) is 20.8 Å². The van der Waals surface area contributed by atoms with Crippen molar-refractivity contribution in [3.63, 3.8) is 0 Å². The van der Waals surface area contributed by atoms with E-state index in [-0.39, 0.29) is 0 Å². The van der Waals surface area contributed by atoms with Crippen LogP contribution in [0.1, 0.15) is 6.92 Å². The maximum absolute atomic E-state index is 5.60. The average Bonchev–Trinajstić information content (AvgIpc) is 2.61. The molecule has 118 valence electrons. The third kappa shape index (κ3) is 2.90. The van der Waals surface area contributed by atoms with Crippen LogP contribution in [0, 0.1) is 0 Å². The fourth-order valence-electron chi connectivity index (χ4n) is 2.48. The molecular formula is C18H18N2O3. The van der Waals surface area contributed by atoms with Crippen molar-refractivity contribution in [1.29, 1.82) is 0 Å². The standard InChI is InChI=1S/C18H18N2O3/c1-4-23-18-14-9-12(5-7-15(14)19-11-20-18)13-6-8-16(21-2)17(10-13)22-3/h5-11H,4H2,1-3H3. The number of rotatable bonds is 5. The zero-order valence-electron chi connectivity index (χ0n) is 13.4. The van der Waals surface area contributed by atoms with Crippen LogP contribution in [0.4, 0.5) is 0 Å². The first kappa shape index (κ1) is 15.1. The summed E-state index contributed by atoms with van der Waals surface area (Å²) in [6.45, 7) is 2.50. The second-order valence-electron chi connectivity index (χ2n) is 4.91. The van der Waals surface area contributed by atoms with Crippen LogP contribution in [0.3, 0.4) is 0 Å². The number of benzene rings is 2. The smallest absolute Gasteiger partial charge is 0.224 e. The second kappa shape index (κ2) is 6.52. The minimum absolute atomic E-state index is 0.562. The third-order valence-electron chi connectivity index (χ3n) is 3.60. The van der Waals surface area contributed by atoms with Crippen LogP contribution >= 0.6 is 0 Å². The van der Waals surface area contributed by atoms with Crippen molar-refractivity contribution in [2.45, 2.75) is 6.92 Å². The minimum Gasteiger partial charge on any atom is -0.493 e. The maximum Gasteiger partial charge on any atom is 0.224 e. The third-order valence-corrected chi connectivity index (χ3v) is 3.60. The molecular weight excluding hydrogens is 292 g/mol. The van der Waals surface area contributed by atoms with Gasteiger partial charge >= 0.3 is 0 Å². The maximum atomic E-state index is 5.60. The molecule has 0 spiro atoms. The Hall–Kier alpha value is -2.82. The molecule has 2 aromatic carbocycles. The van der Waals surface area contributed by atoms with Crippen LogP contribution in [0.2, 0.25) is 0 Å². The molecule has 5 heteroatoms. The van der Waals surface area contributed by atoms with Gasteiger partial charge in [0, 0.05) is 0 Å². The van der Waals surface area contributed by atoms with Crippen molar-refractivity contribution in [3.05, 3.63) is 42.7 Å². The summed E-state index contributed by atoms with van der Waals surface area (Å²) >= 11 is 0. The first-order valence-corrected chi connectivity index (χ1v) is 7.36. The van der Waals surface area contributed by atoms with E-state index >= 15 is 0 Å². The summed E-state index contributed by atoms with van der Waals surface area (Å²) in [7, 11) is 3.25. The van der Waals surface area contributed by atoms with Gasteiger partial charge in [0.2, 0.25) is 5.88 Å². The number of fused-ring (bicyclic) bond motifs is 1. The summed E-state index contributed by atoms with van der Waals surface area (Å²) < 4.78 is 16.3. The number of ether oxygens (including phenoxy) is 3.